The van der Waals surface area contributed by atoms with E-state index in [4.69, 9.17) is 16.3 Å². The monoisotopic (exact) mass is 347 g/mol. The number of nitrogens with zero attached hydrogens (tertiary/aromatic N) is 1. The van der Waals surface area contributed by atoms with Gasteiger partial charge in [-0.05, 0) is 39.0 Å². The van der Waals surface area contributed by atoms with E-state index in [1.165, 1.54) is 0 Å². The number of halogens is 2. The highest BCUT2D eigenvalue weighted by Gasteiger charge is 2.30. The van der Waals surface area contributed by atoms with Crippen molar-refractivity contribution in [3.8, 4) is 5.75 Å². The standard InChI is InChI=1S/C14H19BrClNO2/c1-10(13(18)17(4)14(2,3)9-15)19-12-7-5-6-11(16)8-12/h5-8,10H,9H2,1-4H3. The first-order chi connectivity index (χ1) is 8.77. The topological polar surface area (TPSA) is 29.5 Å². The maximum Gasteiger partial charge on any atom is 0.263 e. The molecular weight excluding hydrogens is 330 g/mol. The number of rotatable bonds is 5. The van der Waals surface area contributed by atoms with Crippen molar-refractivity contribution in [2.24, 2.45) is 0 Å². The fraction of sp³-hybridized carbons (Fsp3) is 0.500. The minimum absolute atomic E-state index is 0.0653. The molecular formula is C14H19BrClNO2. The molecule has 0 heterocycles. The molecule has 5 heteroatoms. The van der Waals surface area contributed by atoms with Gasteiger partial charge in [0.15, 0.2) is 6.10 Å². The molecule has 0 aliphatic carbocycles. The Bertz CT molecular complexity index is 451. The van der Waals surface area contributed by atoms with Crippen LogP contribution < -0.4 is 4.74 Å². The van der Waals surface area contributed by atoms with E-state index in [-0.39, 0.29) is 11.4 Å². The van der Waals surface area contributed by atoms with Crippen LogP contribution >= 0.6 is 27.5 Å². The molecule has 0 saturated carbocycles. The van der Waals surface area contributed by atoms with E-state index >= 15 is 0 Å². The first-order valence-electron chi connectivity index (χ1n) is 6.04. The summed E-state index contributed by atoms with van der Waals surface area (Å²) in [5.74, 6) is 0.530. The summed E-state index contributed by atoms with van der Waals surface area (Å²) < 4.78 is 5.63. The lowest BCUT2D eigenvalue weighted by atomic mass is 10.1. The summed E-state index contributed by atoms with van der Waals surface area (Å²) in [6.07, 6.45) is -0.554. The lowest BCUT2D eigenvalue weighted by Crippen LogP contribution is -2.50. The van der Waals surface area contributed by atoms with Gasteiger partial charge >= 0.3 is 0 Å². The number of likely N-dealkylation sites (N-methyl/N-ethyl adjacent to an activating group) is 1. The molecule has 0 radical (unpaired) electrons. The Morgan fingerprint density at radius 1 is 1.53 bits per heavy atom. The lowest BCUT2D eigenvalue weighted by molar-refractivity contribution is -0.140. The van der Waals surface area contributed by atoms with Crippen molar-refractivity contribution < 1.29 is 9.53 Å². The van der Waals surface area contributed by atoms with Crippen molar-refractivity contribution in [3.05, 3.63) is 29.3 Å². The third kappa shape index (κ3) is 4.39. The first kappa shape index (κ1) is 16.3. The average molecular weight is 349 g/mol. The van der Waals surface area contributed by atoms with E-state index in [1.54, 1.807) is 43.1 Å². The van der Waals surface area contributed by atoms with Crippen LogP contribution in [0.5, 0.6) is 5.75 Å². The van der Waals surface area contributed by atoms with E-state index in [0.717, 1.165) is 0 Å². The van der Waals surface area contributed by atoms with Crippen LogP contribution in [-0.4, -0.2) is 34.8 Å². The average Bonchev–Trinajstić information content (AvgIpc) is 2.36. The van der Waals surface area contributed by atoms with Crippen molar-refractivity contribution in [1.29, 1.82) is 0 Å². The van der Waals surface area contributed by atoms with E-state index < -0.39 is 6.10 Å². The minimum atomic E-state index is -0.554. The number of hydrogen-bond acceptors (Lipinski definition) is 2. The zero-order valence-electron chi connectivity index (χ0n) is 11.6. The maximum atomic E-state index is 12.3. The number of benzene rings is 1. The van der Waals surface area contributed by atoms with Crippen LogP contribution in [0.1, 0.15) is 20.8 Å². The summed E-state index contributed by atoms with van der Waals surface area (Å²) in [6.45, 7) is 5.72. The van der Waals surface area contributed by atoms with E-state index in [0.29, 0.717) is 16.1 Å². The molecule has 0 fully saturated rings. The van der Waals surface area contributed by atoms with Gasteiger partial charge in [0.25, 0.3) is 5.91 Å². The largest absolute Gasteiger partial charge is 0.481 e. The van der Waals surface area contributed by atoms with Crippen molar-refractivity contribution in [1.82, 2.24) is 4.90 Å². The van der Waals surface area contributed by atoms with E-state index in [1.807, 2.05) is 13.8 Å². The molecule has 1 aromatic carbocycles. The molecule has 0 N–H and O–H groups in total. The quantitative estimate of drug-likeness (QED) is 0.759. The van der Waals surface area contributed by atoms with Gasteiger partial charge in [-0.25, -0.2) is 0 Å². The zero-order valence-corrected chi connectivity index (χ0v) is 14.0. The fourth-order valence-corrected chi connectivity index (χ4v) is 2.01. The molecule has 19 heavy (non-hydrogen) atoms. The molecule has 0 aromatic heterocycles. The fourth-order valence-electron chi connectivity index (χ4n) is 1.46. The predicted octanol–water partition coefficient (Wildman–Crippen LogP) is 3.74. The van der Waals surface area contributed by atoms with Gasteiger partial charge in [0.1, 0.15) is 5.75 Å². The summed E-state index contributed by atoms with van der Waals surface area (Å²) in [7, 11) is 1.78. The molecule has 1 atom stereocenters. The molecule has 1 unspecified atom stereocenters. The molecule has 0 aliphatic heterocycles. The van der Waals surface area contributed by atoms with E-state index in [9.17, 15) is 4.79 Å². The van der Waals surface area contributed by atoms with Gasteiger partial charge in [0.05, 0.1) is 0 Å². The molecule has 0 spiro atoms. The number of alkyl halides is 1. The highest BCUT2D eigenvalue weighted by atomic mass is 79.9. The van der Waals surface area contributed by atoms with Gasteiger partial charge in [-0.15, -0.1) is 0 Å². The molecule has 0 bridgehead atoms. The van der Waals surface area contributed by atoms with Gasteiger partial charge in [-0.1, -0.05) is 33.6 Å². The highest BCUT2D eigenvalue weighted by Crippen LogP contribution is 2.21. The van der Waals surface area contributed by atoms with Crippen LogP contribution in [0.2, 0.25) is 5.02 Å². The number of carbonyl (C=O) groups excluding carboxylic acids is 1. The summed E-state index contributed by atoms with van der Waals surface area (Å²) in [4.78, 5) is 14.0. The van der Waals surface area contributed by atoms with Crippen LogP contribution in [0, 0.1) is 0 Å². The third-order valence-electron chi connectivity index (χ3n) is 3.02. The van der Waals surface area contributed by atoms with Crippen LogP contribution in [0.25, 0.3) is 0 Å². The van der Waals surface area contributed by atoms with Crippen molar-refractivity contribution >= 4 is 33.4 Å². The molecule has 0 saturated heterocycles. The lowest BCUT2D eigenvalue weighted by Gasteiger charge is -2.35. The smallest absolute Gasteiger partial charge is 0.263 e. The summed E-state index contributed by atoms with van der Waals surface area (Å²) in [5, 5.41) is 1.29. The predicted molar refractivity (Wildman–Crippen MR) is 82.2 cm³/mol. The van der Waals surface area contributed by atoms with Crippen molar-refractivity contribution in [3.63, 3.8) is 0 Å². The number of carbonyl (C=O) groups is 1. The molecule has 106 valence electrons. The molecule has 1 amide bonds. The second-order valence-electron chi connectivity index (χ2n) is 5.06. The van der Waals surface area contributed by atoms with Crippen molar-refractivity contribution in [2.75, 3.05) is 12.4 Å². The Morgan fingerprint density at radius 3 is 2.68 bits per heavy atom. The van der Waals surface area contributed by atoms with Crippen LogP contribution in [0.15, 0.2) is 24.3 Å². The zero-order chi connectivity index (χ0) is 14.6. The molecule has 0 aliphatic rings. The first-order valence-corrected chi connectivity index (χ1v) is 7.54. The van der Waals surface area contributed by atoms with Crippen LogP contribution in [0.4, 0.5) is 0 Å². The highest BCUT2D eigenvalue weighted by molar-refractivity contribution is 9.09. The van der Waals surface area contributed by atoms with Crippen LogP contribution in [-0.2, 0) is 4.79 Å². The Balaban J connectivity index is 2.73. The summed E-state index contributed by atoms with van der Waals surface area (Å²) in [6, 6.07) is 7.04. The van der Waals surface area contributed by atoms with Gasteiger partial charge in [0.2, 0.25) is 0 Å². The van der Waals surface area contributed by atoms with Crippen molar-refractivity contribution in [2.45, 2.75) is 32.4 Å². The normalized spacial score (nSPS) is 12.9. The molecule has 1 aromatic rings. The number of ether oxygens (including phenoxy) is 1. The second-order valence-corrected chi connectivity index (χ2v) is 6.06. The van der Waals surface area contributed by atoms with Gasteiger partial charge < -0.3 is 9.64 Å². The summed E-state index contributed by atoms with van der Waals surface area (Å²) in [5.41, 5.74) is -0.261. The van der Waals surface area contributed by atoms with Gasteiger partial charge in [-0.2, -0.15) is 0 Å². The Labute approximate surface area is 128 Å². The van der Waals surface area contributed by atoms with Gasteiger partial charge in [0, 0.05) is 22.9 Å². The number of hydrogen-bond donors (Lipinski definition) is 0. The summed E-state index contributed by atoms with van der Waals surface area (Å²) >= 11 is 9.30. The SMILES string of the molecule is CC(Oc1cccc(Cl)c1)C(=O)N(C)C(C)(C)CBr. The second kappa shape index (κ2) is 6.62. The maximum absolute atomic E-state index is 12.3. The Morgan fingerprint density at radius 2 is 2.16 bits per heavy atom. The minimum Gasteiger partial charge on any atom is -0.481 e. The Hall–Kier alpha value is -0.740. The Kier molecular flexibility index (Phi) is 5.68. The molecule has 3 nitrogen and oxygen atoms in total. The number of amides is 1. The molecule has 1 rings (SSSR count). The van der Waals surface area contributed by atoms with E-state index in [2.05, 4.69) is 15.9 Å². The third-order valence-corrected chi connectivity index (χ3v) is 4.63. The van der Waals surface area contributed by atoms with Crippen LogP contribution in [0.3, 0.4) is 0 Å². The van der Waals surface area contributed by atoms with Gasteiger partial charge in [-0.3, -0.25) is 4.79 Å².